The first kappa shape index (κ1) is 13.9. The minimum absolute atomic E-state index is 0.0802. The van der Waals surface area contributed by atoms with Crippen molar-refractivity contribution < 1.29 is 13.2 Å². The van der Waals surface area contributed by atoms with E-state index in [0.29, 0.717) is 11.7 Å². The summed E-state index contributed by atoms with van der Waals surface area (Å²) in [6.07, 6.45) is -0.657. The summed E-state index contributed by atoms with van der Waals surface area (Å²) >= 11 is 0. The number of alkyl halides is 3. The lowest BCUT2D eigenvalue weighted by molar-refractivity contribution is -0.138. The molecule has 6 heteroatoms. The van der Waals surface area contributed by atoms with Crippen LogP contribution in [0.5, 0.6) is 0 Å². The number of anilines is 1. The first-order valence-corrected chi connectivity index (χ1v) is 6.75. The number of hydrogen-bond donors (Lipinski definition) is 1. The van der Waals surface area contributed by atoms with E-state index in [-0.39, 0.29) is 12.1 Å². The van der Waals surface area contributed by atoms with Gasteiger partial charge < -0.3 is 5.32 Å². The van der Waals surface area contributed by atoms with Crippen molar-refractivity contribution in [3.8, 4) is 0 Å². The molecule has 21 heavy (non-hydrogen) atoms. The van der Waals surface area contributed by atoms with E-state index in [9.17, 15) is 13.2 Å². The summed E-state index contributed by atoms with van der Waals surface area (Å²) in [6.45, 7) is 0.0802. The normalized spacial score (nSPS) is 15.0. The molecule has 1 fully saturated rings. The minimum atomic E-state index is -4.34. The lowest BCUT2D eigenvalue weighted by atomic mass is 10.1. The van der Waals surface area contributed by atoms with Crippen LogP contribution in [0.1, 0.15) is 35.6 Å². The molecular formula is C15H14F3N3. The highest BCUT2D eigenvalue weighted by Gasteiger charge is 2.32. The first-order chi connectivity index (χ1) is 10.0. The summed E-state index contributed by atoms with van der Waals surface area (Å²) in [5.41, 5.74) is 0.544. The molecule has 1 aromatic heterocycles. The lowest BCUT2D eigenvalue weighted by Gasteiger charge is -2.13. The second-order valence-corrected chi connectivity index (χ2v) is 5.11. The van der Waals surface area contributed by atoms with Crippen LogP contribution < -0.4 is 5.32 Å². The van der Waals surface area contributed by atoms with Crippen molar-refractivity contribution in [3.63, 3.8) is 0 Å². The zero-order chi connectivity index (χ0) is 14.9. The molecule has 1 aliphatic carbocycles. The molecule has 1 aromatic carbocycles. The van der Waals surface area contributed by atoms with E-state index in [1.807, 2.05) is 6.07 Å². The Labute approximate surface area is 120 Å². The maximum atomic E-state index is 12.9. The molecule has 0 amide bonds. The van der Waals surface area contributed by atoms with Crippen LogP contribution in [0.4, 0.5) is 19.0 Å². The van der Waals surface area contributed by atoms with Crippen LogP contribution in [0.3, 0.4) is 0 Å². The summed E-state index contributed by atoms with van der Waals surface area (Å²) in [5.74, 6) is 1.04. The van der Waals surface area contributed by atoms with Crippen LogP contribution in [-0.2, 0) is 12.7 Å². The Balaban J connectivity index is 1.74. The van der Waals surface area contributed by atoms with Gasteiger partial charge in [0.05, 0.1) is 5.56 Å². The molecule has 3 nitrogen and oxygen atoms in total. The molecule has 1 saturated carbocycles. The Morgan fingerprint density at radius 2 is 1.90 bits per heavy atom. The second-order valence-electron chi connectivity index (χ2n) is 5.11. The third-order valence-electron chi connectivity index (χ3n) is 3.47. The number of rotatable bonds is 4. The fraction of sp³-hybridized carbons (Fsp3) is 0.333. The summed E-state index contributed by atoms with van der Waals surface area (Å²) in [5, 5.41) is 2.95. The summed E-state index contributed by atoms with van der Waals surface area (Å²) in [6, 6.07) is 7.36. The molecule has 0 radical (unpaired) electrons. The Kier molecular flexibility index (Phi) is 3.53. The highest BCUT2D eigenvalue weighted by Crippen LogP contribution is 2.39. The topological polar surface area (TPSA) is 37.8 Å². The fourth-order valence-electron chi connectivity index (χ4n) is 2.21. The van der Waals surface area contributed by atoms with Gasteiger partial charge in [-0.2, -0.15) is 13.2 Å². The molecule has 3 rings (SSSR count). The van der Waals surface area contributed by atoms with Crippen molar-refractivity contribution in [3.05, 3.63) is 53.5 Å². The van der Waals surface area contributed by atoms with Crippen LogP contribution in [0, 0.1) is 0 Å². The third kappa shape index (κ3) is 3.32. The number of halogens is 3. The summed E-state index contributed by atoms with van der Waals surface area (Å²) in [7, 11) is 0. The summed E-state index contributed by atoms with van der Waals surface area (Å²) < 4.78 is 38.7. The van der Waals surface area contributed by atoms with Crippen molar-refractivity contribution in [2.75, 3.05) is 5.32 Å². The van der Waals surface area contributed by atoms with Crippen molar-refractivity contribution >= 4 is 5.82 Å². The van der Waals surface area contributed by atoms with E-state index >= 15 is 0 Å². The Morgan fingerprint density at radius 1 is 1.14 bits per heavy atom. The summed E-state index contributed by atoms with van der Waals surface area (Å²) in [4.78, 5) is 8.24. The molecular weight excluding hydrogens is 279 g/mol. The molecule has 1 heterocycles. The van der Waals surface area contributed by atoms with Crippen molar-refractivity contribution in [2.24, 2.45) is 0 Å². The van der Waals surface area contributed by atoms with E-state index in [4.69, 9.17) is 0 Å². The van der Waals surface area contributed by atoms with E-state index < -0.39 is 11.7 Å². The zero-order valence-corrected chi connectivity index (χ0v) is 11.2. The molecule has 0 aliphatic heterocycles. The monoisotopic (exact) mass is 293 g/mol. The average Bonchev–Trinajstić information content (AvgIpc) is 3.29. The van der Waals surface area contributed by atoms with Gasteiger partial charge in [0.1, 0.15) is 12.1 Å². The van der Waals surface area contributed by atoms with Crippen molar-refractivity contribution in [1.29, 1.82) is 0 Å². The zero-order valence-electron chi connectivity index (χ0n) is 11.2. The van der Waals surface area contributed by atoms with Crippen LogP contribution in [0.15, 0.2) is 36.7 Å². The SMILES string of the molecule is FC(F)(F)c1ccccc1CNc1cc(C2CC2)ncn1. The van der Waals surface area contributed by atoms with Gasteiger partial charge in [0.15, 0.2) is 0 Å². The number of aromatic nitrogens is 2. The van der Waals surface area contributed by atoms with Gasteiger partial charge in [-0.05, 0) is 24.5 Å². The van der Waals surface area contributed by atoms with E-state index in [0.717, 1.165) is 24.6 Å². The van der Waals surface area contributed by atoms with Crippen LogP contribution in [-0.4, -0.2) is 9.97 Å². The van der Waals surface area contributed by atoms with Gasteiger partial charge in [-0.3, -0.25) is 0 Å². The highest BCUT2D eigenvalue weighted by molar-refractivity contribution is 5.39. The van der Waals surface area contributed by atoms with Gasteiger partial charge in [0.2, 0.25) is 0 Å². The number of nitrogens with one attached hydrogen (secondary N) is 1. The molecule has 110 valence electrons. The van der Waals surface area contributed by atoms with Gasteiger partial charge in [-0.25, -0.2) is 9.97 Å². The Hall–Kier alpha value is -2.11. The van der Waals surface area contributed by atoms with Gasteiger partial charge in [-0.15, -0.1) is 0 Å². The fourth-order valence-corrected chi connectivity index (χ4v) is 2.21. The standard InChI is InChI=1S/C15H14F3N3/c16-15(17,18)12-4-2-1-3-11(12)8-19-14-7-13(10-5-6-10)20-9-21-14/h1-4,7,9-10H,5-6,8H2,(H,19,20,21). The van der Waals surface area contributed by atoms with E-state index in [2.05, 4.69) is 15.3 Å². The van der Waals surface area contributed by atoms with Crippen LogP contribution in [0.25, 0.3) is 0 Å². The van der Waals surface area contributed by atoms with E-state index in [1.54, 1.807) is 6.07 Å². The van der Waals surface area contributed by atoms with Gasteiger partial charge in [-0.1, -0.05) is 18.2 Å². The Bertz CT molecular complexity index is 636. The molecule has 0 unspecified atom stereocenters. The maximum Gasteiger partial charge on any atom is 0.416 e. The molecule has 0 saturated heterocycles. The van der Waals surface area contributed by atoms with Gasteiger partial charge >= 0.3 is 6.18 Å². The largest absolute Gasteiger partial charge is 0.416 e. The number of hydrogen-bond acceptors (Lipinski definition) is 3. The number of benzene rings is 1. The highest BCUT2D eigenvalue weighted by atomic mass is 19.4. The van der Waals surface area contributed by atoms with Gasteiger partial charge in [0.25, 0.3) is 0 Å². The third-order valence-corrected chi connectivity index (χ3v) is 3.47. The molecule has 2 aromatic rings. The predicted octanol–water partition coefficient (Wildman–Crippen LogP) is 3.98. The lowest BCUT2D eigenvalue weighted by Crippen LogP contribution is -2.12. The van der Waals surface area contributed by atoms with Gasteiger partial charge in [0, 0.05) is 24.2 Å². The van der Waals surface area contributed by atoms with Crippen LogP contribution >= 0.6 is 0 Å². The minimum Gasteiger partial charge on any atom is -0.366 e. The molecule has 0 bridgehead atoms. The van der Waals surface area contributed by atoms with Crippen molar-refractivity contribution in [1.82, 2.24) is 9.97 Å². The maximum absolute atomic E-state index is 12.9. The smallest absolute Gasteiger partial charge is 0.366 e. The molecule has 1 N–H and O–H groups in total. The number of nitrogens with zero attached hydrogens (tertiary/aromatic N) is 2. The van der Waals surface area contributed by atoms with Crippen molar-refractivity contribution in [2.45, 2.75) is 31.5 Å². The molecule has 0 atom stereocenters. The predicted molar refractivity (Wildman–Crippen MR) is 72.8 cm³/mol. The quantitative estimate of drug-likeness (QED) is 0.926. The molecule has 1 aliphatic rings. The van der Waals surface area contributed by atoms with Crippen LogP contribution in [0.2, 0.25) is 0 Å². The van der Waals surface area contributed by atoms with E-state index in [1.165, 1.54) is 18.5 Å². The molecule has 0 spiro atoms. The average molecular weight is 293 g/mol. The Morgan fingerprint density at radius 3 is 2.62 bits per heavy atom. The first-order valence-electron chi connectivity index (χ1n) is 6.75. The second kappa shape index (κ2) is 5.35.